The van der Waals surface area contributed by atoms with E-state index < -0.39 is 0 Å². The number of amides is 1. The number of aromatic nitrogens is 1. The fraction of sp³-hybridized carbons (Fsp3) is 0.286. The van der Waals surface area contributed by atoms with Crippen LogP contribution in [0.25, 0.3) is 0 Å². The molecular formula is C14H16N2O3S. The zero-order chi connectivity index (χ0) is 14.5. The van der Waals surface area contributed by atoms with E-state index in [1.807, 2.05) is 30.5 Å². The second kappa shape index (κ2) is 6.38. The molecule has 1 amide bonds. The van der Waals surface area contributed by atoms with Crippen LogP contribution in [0, 0.1) is 6.92 Å². The quantitative estimate of drug-likeness (QED) is 0.919. The molecule has 0 spiro atoms. The van der Waals surface area contributed by atoms with Crippen molar-refractivity contribution in [3.63, 3.8) is 0 Å². The molecule has 0 saturated carbocycles. The molecule has 0 aliphatic carbocycles. The van der Waals surface area contributed by atoms with Crippen LogP contribution < -0.4 is 14.8 Å². The minimum Gasteiger partial charge on any atom is -0.493 e. The van der Waals surface area contributed by atoms with Crippen molar-refractivity contribution in [1.29, 1.82) is 0 Å². The van der Waals surface area contributed by atoms with Crippen LogP contribution in [0.5, 0.6) is 11.5 Å². The zero-order valence-corrected chi connectivity index (χ0v) is 12.4. The fourth-order valence-corrected chi connectivity index (χ4v) is 2.42. The Hall–Kier alpha value is -2.08. The topological polar surface area (TPSA) is 60.5 Å². The van der Waals surface area contributed by atoms with Crippen LogP contribution in [0.3, 0.4) is 0 Å². The van der Waals surface area contributed by atoms with Crippen molar-refractivity contribution in [3.05, 3.63) is 39.8 Å². The largest absolute Gasteiger partial charge is 0.493 e. The molecule has 1 aromatic carbocycles. The van der Waals surface area contributed by atoms with Crippen molar-refractivity contribution in [1.82, 2.24) is 10.3 Å². The van der Waals surface area contributed by atoms with E-state index in [2.05, 4.69) is 10.3 Å². The third-order valence-corrected chi connectivity index (χ3v) is 3.67. The Kier molecular flexibility index (Phi) is 4.57. The van der Waals surface area contributed by atoms with Gasteiger partial charge in [-0.05, 0) is 24.6 Å². The maximum absolute atomic E-state index is 11.9. The Morgan fingerprint density at radius 3 is 2.65 bits per heavy atom. The second-order valence-corrected chi connectivity index (χ2v) is 5.02. The van der Waals surface area contributed by atoms with Crippen molar-refractivity contribution in [2.75, 3.05) is 14.2 Å². The van der Waals surface area contributed by atoms with Gasteiger partial charge in [0.25, 0.3) is 5.91 Å². The molecule has 1 N–H and O–H groups in total. The van der Waals surface area contributed by atoms with Crippen LogP contribution in [-0.2, 0) is 6.54 Å². The SMILES string of the molecule is COc1ccc(CNC(=O)c2nc(C)cs2)cc1OC. The standard InChI is InChI=1S/C14H16N2O3S/c1-9-8-20-14(16-9)13(17)15-7-10-4-5-11(18-2)12(6-10)19-3/h4-6,8H,7H2,1-3H3,(H,15,17). The first-order valence-corrected chi connectivity index (χ1v) is 6.93. The monoisotopic (exact) mass is 292 g/mol. The number of hydrogen-bond donors (Lipinski definition) is 1. The summed E-state index contributed by atoms with van der Waals surface area (Å²) in [5.41, 5.74) is 1.79. The van der Waals surface area contributed by atoms with Crippen LogP contribution in [0.4, 0.5) is 0 Å². The summed E-state index contributed by atoms with van der Waals surface area (Å²) >= 11 is 1.34. The van der Waals surface area contributed by atoms with E-state index in [0.29, 0.717) is 23.1 Å². The van der Waals surface area contributed by atoms with E-state index in [0.717, 1.165) is 11.3 Å². The number of nitrogens with one attached hydrogen (secondary N) is 1. The highest BCUT2D eigenvalue weighted by Crippen LogP contribution is 2.27. The first kappa shape index (κ1) is 14.3. The highest BCUT2D eigenvalue weighted by atomic mass is 32.1. The van der Waals surface area contributed by atoms with E-state index in [1.54, 1.807) is 14.2 Å². The van der Waals surface area contributed by atoms with Crippen LogP contribution in [0.2, 0.25) is 0 Å². The lowest BCUT2D eigenvalue weighted by atomic mass is 10.2. The normalized spacial score (nSPS) is 10.2. The highest BCUT2D eigenvalue weighted by Gasteiger charge is 2.10. The number of benzene rings is 1. The van der Waals surface area contributed by atoms with E-state index >= 15 is 0 Å². The molecule has 2 aromatic rings. The predicted molar refractivity (Wildman–Crippen MR) is 77.6 cm³/mol. The molecule has 0 aliphatic rings. The summed E-state index contributed by atoms with van der Waals surface area (Å²) < 4.78 is 10.4. The zero-order valence-electron chi connectivity index (χ0n) is 11.6. The second-order valence-electron chi connectivity index (χ2n) is 4.17. The number of nitrogens with zero attached hydrogens (tertiary/aromatic N) is 1. The van der Waals surface area contributed by atoms with Gasteiger partial charge in [-0.15, -0.1) is 11.3 Å². The van der Waals surface area contributed by atoms with Gasteiger partial charge in [0.05, 0.1) is 14.2 Å². The number of ether oxygens (including phenoxy) is 2. The van der Waals surface area contributed by atoms with Gasteiger partial charge in [0, 0.05) is 17.6 Å². The summed E-state index contributed by atoms with van der Waals surface area (Å²) in [5.74, 6) is 1.14. The first-order chi connectivity index (χ1) is 9.63. The lowest BCUT2D eigenvalue weighted by Gasteiger charge is -2.09. The van der Waals surface area contributed by atoms with Gasteiger partial charge in [-0.25, -0.2) is 4.98 Å². The van der Waals surface area contributed by atoms with E-state index in [9.17, 15) is 4.79 Å². The summed E-state index contributed by atoms with van der Waals surface area (Å²) in [6.45, 7) is 2.28. The Morgan fingerprint density at radius 1 is 1.30 bits per heavy atom. The van der Waals surface area contributed by atoms with Crippen molar-refractivity contribution < 1.29 is 14.3 Å². The molecule has 0 bridgehead atoms. The minimum absolute atomic E-state index is 0.169. The van der Waals surface area contributed by atoms with Gasteiger partial charge in [0.15, 0.2) is 16.5 Å². The van der Waals surface area contributed by atoms with Gasteiger partial charge in [0.2, 0.25) is 0 Å². The fourth-order valence-electron chi connectivity index (χ4n) is 1.71. The summed E-state index contributed by atoms with van der Waals surface area (Å²) in [4.78, 5) is 16.0. The van der Waals surface area contributed by atoms with Crippen LogP contribution in [0.1, 0.15) is 21.1 Å². The number of aryl methyl sites for hydroxylation is 1. The molecule has 106 valence electrons. The molecule has 0 fully saturated rings. The number of methoxy groups -OCH3 is 2. The van der Waals surface area contributed by atoms with E-state index in [4.69, 9.17) is 9.47 Å². The number of carbonyl (C=O) groups is 1. The lowest BCUT2D eigenvalue weighted by molar-refractivity contribution is 0.0950. The summed E-state index contributed by atoms with van der Waals surface area (Å²) in [6.07, 6.45) is 0. The summed E-state index contributed by atoms with van der Waals surface area (Å²) in [7, 11) is 3.17. The molecule has 20 heavy (non-hydrogen) atoms. The first-order valence-electron chi connectivity index (χ1n) is 6.05. The van der Waals surface area contributed by atoms with Crippen LogP contribution in [0.15, 0.2) is 23.6 Å². The molecule has 1 heterocycles. The molecule has 0 saturated heterocycles. The Labute approximate surface area is 121 Å². The Morgan fingerprint density at radius 2 is 2.05 bits per heavy atom. The van der Waals surface area contributed by atoms with Gasteiger partial charge in [-0.3, -0.25) is 4.79 Å². The number of carbonyl (C=O) groups excluding carboxylic acids is 1. The van der Waals surface area contributed by atoms with Crippen molar-refractivity contribution in [2.45, 2.75) is 13.5 Å². The molecule has 0 atom stereocenters. The van der Waals surface area contributed by atoms with Crippen LogP contribution >= 0.6 is 11.3 Å². The molecule has 0 unspecified atom stereocenters. The average Bonchev–Trinajstić information content (AvgIpc) is 2.91. The maximum Gasteiger partial charge on any atom is 0.280 e. The van der Waals surface area contributed by atoms with Gasteiger partial charge in [0.1, 0.15) is 0 Å². The highest BCUT2D eigenvalue weighted by molar-refractivity contribution is 7.11. The molecule has 5 nitrogen and oxygen atoms in total. The minimum atomic E-state index is -0.169. The molecular weight excluding hydrogens is 276 g/mol. The lowest BCUT2D eigenvalue weighted by Crippen LogP contribution is -2.22. The average molecular weight is 292 g/mol. The van der Waals surface area contributed by atoms with E-state index in [1.165, 1.54) is 11.3 Å². The molecule has 0 radical (unpaired) electrons. The van der Waals surface area contributed by atoms with Gasteiger partial charge in [-0.1, -0.05) is 6.07 Å². The smallest absolute Gasteiger partial charge is 0.280 e. The number of rotatable bonds is 5. The maximum atomic E-state index is 11.9. The van der Waals surface area contributed by atoms with Gasteiger partial charge >= 0.3 is 0 Å². The Balaban J connectivity index is 2.02. The number of thiazole rings is 1. The third-order valence-electron chi connectivity index (χ3n) is 2.71. The predicted octanol–water partition coefficient (Wildman–Crippen LogP) is 2.40. The van der Waals surface area contributed by atoms with Crippen molar-refractivity contribution >= 4 is 17.2 Å². The number of hydrogen-bond acceptors (Lipinski definition) is 5. The third kappa shape index (κ3) is 3.27. The summed E-state index contributed by atoms with van der Waals surface area (Å²) in [6, 6.07) is 5.54. The van der Waals surface area contributed by atoms with Gasteiger partial charge < -0.3 is 14.8 Å². The van der Waals surface area contributed by atoms with Crippen molar-refractivity contribution in [3.8, 4) is 11.5 Å². The molecule has 6 heteroatoms. The summed E-state index contributed by atoms with van der Waals surface area (Å²) in [5, 5.41) is 5.16. The van der Waals surface area contributed by atoms with Crippen LogP contribution in [-0.4, -0.2) is 25.1 Å². The van der Waals surface area contributed by atoms with Crippen molar-refractivity contribution in [2.24, 2.45) is 0 Å². The Bertz CT molecular complexity index is 610. The molecule has 1 aromatic heterocycles. The van der Waals surface area contributed by atoms with E-state index in [-0.39, 0.29) is 5.91 Å². The molecule has 2 rings (SSSR count). The van der Waals surface area contributed by atoms with Gasteiger partial charge in [-0.2, -0.15) is 0 Å². The molecule has 0 aliphatic heterocycles.